The van der Waals surface area contributed by atoms with Crippen molar-refractivity contribution < 1.29 is 8.60 Å². The van der Waals surface area contributed by atoms with Crippen LogP contribution in [-0.2, 0) is 10.8 Å². The first-order valence-corrected chi connectivity index (χ1v) is 11.1. The van der Waals surface area contributed by atoms with Gasteiger partial charge in [0.25, 0.3) is 0 Å². The topological polar surface area (TPSA) is 53.5 Å². The number of nitrogens with one attached hydrogen (secondary N) is 2. The Kier molecular flexibility index (Phi) is 8.80. The van der Waals surface area contributed by atoms with Crippen LogP contribution in [0.4, 0.5) is 4.39 Å². The van der Waals surface area contributed by atoms with Crippen LogP contribution in [0, 0.1) is 5.82 Å². The fourth-order valence-electron chi connectivity index (χ4n) is 3.83. The Balaban J connectivity index is 0.00000261. The van der Waals surface area contributed by atoms with Crippen molar-refractivity contribution in [1.29, 1.82) is 0 Å². The van der Waals surface area contributed by atoms with Gasteiger partial charge in [0.05, 0.1) is 0 Å². The highest BCUT2D eigenvalue weighted by molar-refractivity contribution is 14.0. The summed E-state index contributed by atoms with van der Waals surface area (Å²) >= 11 is 6.17. The van der Waals surface area contributed by atoms with Gasteiger partial charge in [0, 0.05) is 57.4 Å². The van der Waals surface area contributed by atoms with E-state index in [-0.39, 0.29) is 53.0 Å². The molecule has 0 aliphatic heterocycles. The van der Waals surface area contributed by atoms with E-state index in [2.05, 4.69) is 15.6 Å². The Morgan fingerprint density at radius 2 is 2.11 bits per heavy atom. The number of guanidine groups is 1. The summed E-state index contributed by atoms with van der Waals surface area (Å²) in [5.74, 6) is 1.29. The van der Waals surface area contributed by atoms with E-state index >= 15 is 0 Å². The lowest BCUT2D eigenvalue weighted by Crippen LogP contribution is -2.47. The molecule has 4 nitrogen and oxygen atoms in total. The predicted molar refractivity (Wildman–Crippen MR) is 122 cm³/mol. The summed E-state index contributed by atoms with van der Waals surface area (Å²) in [7, 11) is 1.00. The molecule has 152 valence electrons. The Labute approximate surface area is 185 Å². The molecule has 0 amide bonds. The van der Waals surface area contributed by atoms with Crippen LogP contribution in [0.5, 0.6) is 0 Å². The van der Waals surface area contributed by atoms with E-state index in [9.17, 15) is 8.60 Å². The van der Waals surface area contributed by atoms with Gasteiger partial charge < -0.3 is 10.6 Å². The lowest BCUT2D eigenvalue weighted by atomic mass is 9.95. The molecule has 27 heavy (non-hydrogen) atoms. The SMILES string of the molecule is CCS(=O)C1CCCC(NC(=NC)NC2CC2c2c(F)cccc2Cl)C1.I. The highest BCUT2D eigenvalue weighted by atomic mass is 127. The number of hydrogen-bond acceptors (Lipinski definition) is 2. The number of aliphatic imine (C=N–C) groups is 1. The summed E-state index contributed by atoms with van der Waals surface area (Å²) < 4.78 is 26.2. The monoisotopic (exact) mass is 527 g/mol. The quantitative estimate of drug-likeness (QED) is 0.343. The Hall–Kier alpha value is -0.410. The van der Waals surface area contributed by atoms with Crippen LogP contribution in [0.3, 0.4) is 0 Å². The number of nitrogens with zero attached hydrogens (tertiary/aromatic N) is 1. The zero-order chi connectivity index (χ0) is 18.7. The van der Waals surface area contributed by atoms with Gasteiger partial charge in [-0.15, -0.1) is 24.0 Å². The molecule has 2 aliphatic rings. The van der Waals surface area contributed by atoms with E-state index in [1.165, 1.54) is 6.07 Å². The molecule has 2 fully saturated rings. The molecule has 0 heterocycles. The van der Waals surface area contributed by atoms with E-state index in [1.54, 1.807) is 19.2 Å². The van der Waals surface area contributed by atoms with Crippen LogP contribution < -0.4 is 10.6 Å². The molecule has 0 spiro atoms. The van der Waals surface area contributed by atoms with E-state index < -0.39 is 10.8 Å². The fourth-order valence-corrected chi connectivity index (χ4v) is 5.48. The molecule has 2 saturated carbocycles. The summed E-state index contributed by atoms with van der Waals surface area (Å²) in [6.45, 7) is 1.98. The fraction of sp³-hybridized carbons (Fsp3) is 0.632. The normalized spacial score (nSPS) is 28.8. The number of hydrogen-bond donors (Lipinski definition) is 2. The third kappa shape index (κ3) is 5.79. The van der Waals surface area contributed by atoms with Crippen LogP contribution >= 0.6 is 35.6 Å². The summed E-state index contributed by atoms with van der Waals surface area (Å²) in [6.07, 6.45) is 4.94. The first-order valence-electron chi connectivity index (χ1n) is 9.34. The third-order valence-electron chi connectivity index (χ3n) is 5.33. The molecule has 2 aliphatic carbocycles. The zero-order valence-corrected chi connectivity index (χ0v) is 19.6. The van der Waals surface area contributed by atoms with Crippen LogP contribution in [0.1, 0.15) is 50.5 Å². The molecule has 1 aromatic carbocycles. The van der Waals surface area contributed by atoms with Crippen molar-refractivity contribution in [3.8, 4) is 0 Å². The highest BCUT2D eigenvalue weighted by Gasteiger charge is 2.42. The minimum Gasteiger partial charge on any atom is -0.354 e. The molecule has 0 saturated heterocycles. The molecule has 2 N–H and O–H groups in total. The van der Waals surface area contributed by atoms with Gasteiger partial charge >= 0.3 is 0 Å². The van der Waals surface area contributed by atoms with Crippen LogP contribution in [0.2, 0.25) is 5.02 Å². The number of rotatable bonds is 5. The van der Waals surface area contributed by atoms with E-state index in [4.69, 9.17) is 11.6 Å². The lowest BCUT2D eigenvalue weighted by molar-refractivity contribution is 0.413. The molecular weight excluding hydrogens is 500 g/mol. The smallest absolute Gasteiger partial charge is 0.191 e. The minimum atomic E-state index is -0.742. The average molecular weight is 528 g/mol. The second kappa shape index (κ2) is 10.4. The lowest BCUT2D eigenvalue weighted by Gasteiger charge is -2.30. The molecule has 0 aromatic heterocycles. The van der Waals surface area contributed by atoms with Gasteiger partial charge in [-0.3, -0.25) is 9.20 Å². The van der Waals surface area contributed by atoms with Crippen molar-refractivity contribution in [2.45, 2.75) is 62.3 Å². The van der Waals surface area contributed by atoms with Crippen LogP contribution in [-0.4, -0.2) is 40.3 Å². The number of halogens is 3. The van der Waals surface area contributed by atoms with E-state index in [0.29, 0.717) is 10.6 Å². The zero-order valence-electron chi connectivity index (χ0n) is 15.7. The average Bonchev–Trinajstić information content (AvgIpc) is 3.39. The molecule has 5 unspecified atom stereocenters. The summed E-state index contributed by atoms with van der Waals surface area (Å²) in [6, 6.07) is 5.24. The van der Waals surface area contributed by atoms with Crippen molar-refractivity contribution in [2.75, 3.05) is 12.8 Å². The second-order valence-electron chi connectivity index (χ2n) is 7.10. The maximum Gasteiger partial charge on any atom is 0.191 e. The highest BCUT2D eigenvalue weighted by Crippen LogP contribution is 2.44. The van der Waals surface area contributed by atoms with Crippen molar-refractivity contribution in [3.63, 3.8) is 0 Å². The summed E-state index contributed by atoms with van der Waals surface area (Å²) in [5, 5.41) is 7.61. The van der Waals surface area contributed by atoms with Crippen molar-refractivity contribution in [2.24, 2.45) is 4.99 Å². The van der Waals surface area contributed by atoms with Gasteiger partial charge in [-0.2, -0.15) is 0 Å². The van der Waals surface area contributed by atoms with Gasteiger partial charge in [0.1, 0.15) is 5.82 Å². The maximum absolute atomic E-state index is 14.1. The van der Waals surface area contributed by atoms with Crippen LogP contribution in [0.25, 0.3) is 0 Å². The molecule has 0 radical (unpaired) electrons. The molecular formula is C19H28ClFIN3OS. The molecule has 3 rings (SSSR count). The molecule has 8 heteroatoms. The first-order chi connectivity index (χ1) is 12.5. The number of benzene rings is 1. The van der Waals surface area contributed by atoms with Crippen molar-refractivity contribution >= 4 is 52.3 Å². The predicted octanol–water partition coefficient (Wildman–Crippen LogP) is 4.20. The summed E-state index contributed by atoms with van der Waals surface area (Å²) in [5.41, 5.74) is 0.596. The molecule has 5 atom stereocenters. The maximum atomic E-state index is 14.1. The standard InChI is InChI=1S/C19H27ClFN3OS.HI/c1-3-26(25)13-7-4-6-12(10-13)23-19(22-2)24-17-11-14(17)18-15(20)8-5-9-16(18)21;/h5,8-9,12-14,17H,3-4,6-7,10-11H2,1-2H3,(H2,22,23,24);1H. The first kappa shape index (κ1) is 22.9. The van der Waals surface area contributed by atoms with Gasteiger partial charge in [-0.25, -0.2) is 4.39 Å². The minimum absolute atomic E-state index is 0. The Morgan fingerprint density at radius 3 is 2.78 bits per heavy atom. The van der Waals surface area contributed by atoms with E-state index in [0.717, 1.165) is 43.8 Å². The van der Waals surface area contributed by atoms with Gasteiger partial charge in [-0.1, -0.05) is 31.0 Å². The summed E-state index contributed by atoms with van der Waals surface area (Å²) in [4.78, 5) is 4.32. The van der Waals surface area contributed by atoms with Crippen molar-refractivity contribution in [1.82, 2.24) is 10.6 Å². The van der Waals surface area contributed by atoms with Gasteiger partial charge in [0.15, 0.2) is 5.96 Å². The molecule has 0 bridgehead atoms. The largest absolute Gasteiger partial charge is 0.354 e. The van der Waals surface area contributed by atoms with Gasteiger partial charge in [0.2, 0.25) is 0 Å². The Bertz CT molecular complexity index is 685. The van der Waals surface area contributed by atoms with Gasteiger partial charge in [-0.05, 0) is 37.8 Å². The Morgan fingerprint density at radius 1 is 1.33 bits per heavy atom. The second-order valence-corrected chi connectivity index (χ2v) is 9.51. The molecule has 1 aromatic rings. The van der Waals surface area contributed by atoms with E-state index in [1.807, 2.05) is 6.92 Å². The van der Waals surface area contributed by atoms with Crippen molar-refractivity contribution in [3.05, 3.63) is 34.6 Å². The van der Waals surface area contributed by atoms with Crippen LogP contribution in [0.15, 0.2) is 23.2 Å². The third-order valence-corrected chi connectivity index (χ3v) is 7.40.